The highest BCUT2D eigenvalue weighted by atomic mass is 31.2. The molecule has 4 unspecified atom stereocenters. The zero-order valence-corrected chi connectivity index (χ0v) is 27.9. The molecule has 51 heavy (non-hydrogen) atoms. The van der Waals surface area contributed by atoms with Crippen molar-refractivity contribution in [3.63, 3.8) is 0 Å². The third kappa shape index (κ3) is 11.1. The first-order valence-corrected chi connectivity index (χ1v) is 16.7. The van der Waals surface area contributed by atoms with Crippen molar-refractivity contribution in [2.75, 3.05) is 52.4 Å². The van der Waals surface area contributed by atoms with Crippen LogP contribution >= 0.6 is 7.82 Å². The number of phosphoric ester groups is 1. The van der Waals surface area contributed by atoms with Crippen LogP contribution in [-0.2, 0) is 46.9 Å². The molecule has 0 aromatic carbocycles. The van der Waals surface area contributed by atoms with Gasteiger partial charge in [0.2, 0.25) is 11.8 Å². The van der Waals surface area contributed by atoms with E-state index in [4.69, 9.17) is 33.7 Å². The van der Waals surface area contributed by atoms with Crippen molar-refractivity contribution >= 4 is 31.4 Å². The van der Waals surface area contributed by atoms with E-state index in [1.807, 2.05) is 0 Å². The Balaban J connectivity index is 1.71. The molecule has 0 spiro atoms. The van der Waals surface area contributed by atoms with Crippen molar-refractivity contribution in [2.24, 2.45) is 0 Å². The summed E-state index contributed by atoms with van der Waals surface area (Å²) in [5, 5.41) is 76.5. The fourth-order valence-corrected chi connectivity index (χ4v) is 5.99. The summed E-state index contributed by atoms with van der Waals surface area (Å²) in [6, 6.07) is -0.603. The first kappa shape index (κ1) is 42.2. The van der Waals surface area contributed by atoms with E-state index in [-0.39, 0.29) is 25.6 Å². The molecule has 0 bridgehead atoms. The van der Waals surface area contributed by atoms with Crippen molar-refractivity contribution in [2.45, 2.75) is 73.6 Å². The number of nitrogens with one attached hydrogen (secondary N) is 2. The van der Waals surface area contributed by atoms with E-state index in [1.165, 1.54) is 13.2 Å². The number of carbonyl (C=O) groups is 3. The number of aliphatic hydroxyl groups excluding tert-OH is 6. The van der Waals surface area contributed by atoms with Crippen molar-refractivity contribution in [1.82, 2.24) is 20.2 Å². The number of hydrogen-bond acceptors (Lipinski definition) is 19. The van der Waals surface area contributed by atoms with Gasteiger partial charge in [0.1, 0.15) is 48.9 Å². The predicted octanol–water partition coefficient (Wildman–Crippen LogP) is -6.12. The maximum absolute atomic E-state index is 13.0. The molecule has 3 heterocycles. The Morgan fingerprint density at radius 2 is 1.88 bits per heavy atom. The summed E-state index contributed by atoms with van der Waals surface area (Å²) in [6.07, 6.45) is -16.4. The van der Waals surface area contributed by atoms with Gasteiger partial charge in [-0.2, -0.15) is 4.98 Å². The Labute approximate surface area is 288 Å². The summed E-state index contributed by atoms with van der Waals surface area (Å²) >= 11 is 0. The number of aliphatic carboxylic acids is 1. The van der Waals surface area contributed by atoms with Gasteiger partial charge in [-0.3, -0.25) is 18.7 Å². The largest absolute Gasteiger partial charge is 0.477 e. The molecule has 24 nitrogen and oxygen atoms in total. The standard InChI is InChI=1S/C26H42N5O19P/c1-45-6-7-46-5-3-28-16(35)8-17(36)30-18-12(33)9-26(24(40)41,49-22(18)19(37)13(34)10-32)50-51(43,44)47-11-14-20(38)21(39)23(48-14)31-4-2-15(27)29-25(31)42/h2,4,12-14,18-23,32-34,37-39H,3,5-11H2,1H3,(H,28,35)(H,30,36)(H,40,41)(H,43,44)(H2,27,29,42)/t12-,13-,14?,18-,19-,20-,21-,22?,23?,26+/m1/s1. The van der Waals surface area contributed by atoms with Crippen LogP contribution in [0.3, 0.4) is 0 Å². The number of ether oxygens (including phenoxy) is 4. The van der Waals surface area contributed by atoms with Crippen molar-refractivity contribution in [1.29, 1.82) is 0 Å². The third-order valence-corrected chi connectivity index (χ3v) is 8.59. The Bertz CT molecular complexity index is 1450. The van der Waals surface area contributed by atoms with Gasteiger partial charge in [-0.05, 0) is 6.07 Å². The average molecular weight is 760 g/mol. The minimum absolute atomic E-state index is 0.0177. The zero-order valence-electron chi connectivity index (χ0n) is 27.0. The number of anilines is 1. The molecule has 2 aliphatic heterocycles. The molecule has 290 valence electrons. The van der Waals surface area contributed by atoms with Crippen LogP contribution in [0.25, 0.3) is 0 Å². The highest BCUT2D eigenvalue weighted by molar-refractivity contribution is 7.47. The van der Waals surface area contributed by atoms with Crippen molar-refractivity contribution < 1.29 is 87.6 Å². The van der Waals surface area contributed by atoms with E-state index in [9.17, 15) is 64.4 Å². The quantitative estimate of drug-likeness (QED) is 0.0355. The second-order valence-corrected chi connectivity index (χ2v) is 12.7. The van der Waals surface area contributed by atoms with Gasteiger partial charge in [-0.25, -0.2) is 18.7 Å². The second kappa shape index (κ2) is 18.5. The van der Waals surface area contributed by atoms with Gasteiger partial charge in [0.25, 0.3) is 5.79 Å². The lowest BCUT2D eigenvalue weighted by Gasteiger charge is -2.46. The van der Waals surface area contributed by atoms with Crippen LogP contribution in [0.15, 0.2) is 17.1 Å². The van der Waals surface area contributed by atoms with Gasteiger partial charge in [-0.1, -0.05) is 0 Å². The molecule has 2 fully saturated rings. The number of carbonyl (C=O) groups excluding carboxylic acids is 2. The topological polar surface area (TPSA) is 370 Å². The summed E-state index contributed by atoms with van der Waals surface area (Å²) in [6.45, 7) is -1.52. The van der Waals surface area contributed by atoms with E-state index in [0.717, 1.165) is 10.8 Å². The maximum Gasteiger partial charge on any atom is 0.475 e. The summed E-state index contributed by atoms with van der Waals surface area (Å²) < 4.78 is 44.1. The van der Waals surface area contributed by atoms with Gasteiger partial charge in [0, 0.05) is 26.3 Å². The van der Waals surface area contributed by atoms with E-state index in [0.29, 0.717) is 6.61 Å². The van der Waals surface area contributed by atoms with Crippen LogP contribution < -0.4 is 22.1 Å². The number of amides is 2. The molecule has 3 rings (SSSR count). The Kier molecular flexibility index (Phi) is 15.3. The molecule has 11 atom stereocenters. The van der Waals surface area contributed by atoms with E-state index in [1.54, 1.807) is 0 Å². The number of aromatic nitrogens is 2. The summed E-state index contributed by atoms with van der Waals surface area (Å²) in [7, 11) is -4.15. The zero-order chi connectivity index (χ0) is 38.1. The number of nitrogen functional groups attached to an aromatic ring is 1. The minimum atomic E-state index is -5.63. The normalized spacial score (nSPS) is 30.2. The molecule has 2 amide bonds. The Morgan fingerprint density at radius 1 is 1.18 bits per heavy atom. The first-order chi connectivity index (χ1) is 23.9. The Hall–Kier alpha value is -3.20. The number of carboxylic acid groups (broad SMARTS) is 1. The average Bonchev–Trinajstić information content (AvgIpc) is 3.34. The summed E-state index contributed by atoms with van der Waals surface area (Å²) in [5.41, 5.74) is 4.46. The molecule has 1 aromatic rings. The van der Waals surface area contributed by atoms with Crippen LogP contribution in [0.4, 0.5) is 5.82 Å². The molecule has 2 aliphatic rings. The van der Waals surface area contributed by atoms with Crippen LogP contribution in [0.5, 0.6) is 0 Å². The molecule has 12 N–H and O–H groups in total. The molecule has 1 aromatic heterocycles. The lowest BCUT2D eigenvalue weighted by atomic mass is 9.88. The lowest BCUT2D eigenvalue weighted by molar-refractivity contribution is -0.289. The third-order valence-electron chi connectivity index (χ3n) is 7.59. The number of carboxylic acids is 1. The van der Waals surface area contributed by atoms with Crippen LogP contribution in [0.2, 0.25) is 0 Å². The fraction of sp³-hybridized carbons (Fsp3) is 0.731. The molecule has 0 saturated carbocycles. The lowest BCUT2D eigenvalue weighted by Crippen LogP contribution is -2.68. The van der Waals surface area contributed by atoms with Gasteiger partial charge in [0.05, 0.1) is 45.2 Å². The number of nitrogens with zero attached hydrogens (tertiary/aromatic N) is 2. The highest BCUT2D eigenvalue weighted by Crippen LogP contribution is 2.51. The smallest absolute Gasteiger partial charge is 0.475 e. The first-order valence-electron chi connectivity index (χ1n) is 15.2. The predicted molar refractivity (Wildman–Crippen MR) is 163 cm³/mol. The number of rotatable bonds is 19. The molecule has 2 saturated heterocycles. The van der Waals surface area contributed by atoms with Crippen LogP contribution in [-0.4, -0.2) is 169 Å². The number of hydrogen-bond donors (Lipinski definition) is 11. The Morgan fingerprint density at radius 3 is 2.51 bits per heavy atom. The molecule has 0 radical (unpaired) electrons. The maximum atomic E-state index is 13.0. The molecule has 25 heteroatoms. The number of nitrogens with two attached hydrogens (primary N) is 1. The van der Waals surface area contributed by atoms with Gasteiger partial charge >= 0.3 is 19.5 Å². The molecular weight excluding hydrogens is 717 g/mol. The fourth-order valence-electron chi connectivity index (χ4n) is 5.03. The summed E-state index contributed by atoms with van der Waals surface area (Å²) in [5.74, 6) is -7.50. The highest BCUT2D eigenvalue weighted by Gasteiger charge is 2.59. The van der Waals surface area contributed by atoms with Crippen molar-refractivity contribution in [3.05, 3.63) is 22.7 Å². The van der Waals surface area contributed by atoms with Crippen molar-refractivity contribution in [3.8, 4) is 0 Å². The number of aliphatic hydroxyl groups is 6. The van der Waals surface area contributed by atoms with E-state index >= 15 is 0 Å². The van der Waals surface area contributed by atoms with Crippen LogP contribution in [0.1, 0.15) is 19.1 Å². The van der Waals surface area contributed by atoms with Gasteiger partial charge < -0.3 is 76.0 Å². The summed E-state index contributed by atoms with van der Waals surface area (Å²) in [4.78, 5) is 63.4. The van der Waals surface area contributed by atoms with Crippen LogP contribution in [0, 0.1) is 0 Å². The SMILES string of the molecule is COCCOCCNC(=O)CC(=O)N[C@H]1C([C@H](O)[C@H](O)CO)O[C@@](OP(=O)(O)OCC2OC(n3ccc(N)nc3=O)[C@H](O)[C@@H]2O)(C(=O)O)C[C@H]1O. The number of phosphoric acid groups is 1. The monoisotopic (exact) mass is 759 g/mol. The van der Waals surface area contributed by atoms with E-state index in [2.05, 4.69) is 15.6 Å². The van der Waals surface area contributed by atoms with Gasteiger partial charge in [-0.15, -0.1) is 0 Å². The molecular formula is C26H42N5O19P. The number of methoxy groups -OCH3 is 1. The molecule has 0 aliphatic carbocycles. The minimum Gasteiger partial charge on any atom is -0.477 e. The second-order valence-electron chi connectivity index (χ2n) is 11.3. The van der Waals surface area contributed by atoms with E-state index < -0.39 is 118 Å². The van der Waals surface area contributed by atoms with Gasteiger partial charge in [0.15, 0.2) is 6.23 Å².